The molecule has 0 amide bonds. The van der Waals surface area contributed by atoms with Crippen molar-refractivity contribution in [2.45, 2.75) is 44.3 Å². The van der Waals surface area contributed by atoms with Crippen molar-refractivity contribution in [3.8, 4) is 0 Å². The van der Waals surface area contributed by atoms with E-state index in [-0.39, 0.29) is 0 Å². The number of thiophene rings is 1. The van der Waals surface area contributed by atoms with Crippen LogP contribution < -0.4 is 0 Å². The number of nitrogens with zero attached hydrogens (tertiary/aromatic N) is 2. The molecule has 0 aromatic carbocycles. The third-order valence-corrected chi connectivity index (χ3v) is 5.59. The Morgan fingerprint density at radius 3 is 2.89 bits per heavy atom. The molecular formula is C14H17ClN2S2. The van der Waals surface area contributed by atoms with Crippen LogP contribution in [0.4, 0.5) is 0 Å². The minimum absolute atomic E-state index is 0.384. The summed E-state index contributed by atoms with van der Waals surface area (Å²) in [5.41, 5.74) is 2.41. The molecule has 1 saturated carbocycles. The van der Waals surface area contributed by atoms with E-state index in [1.165, 1.54) is 23.4 Å². The van der Waals surface area contributed by atoms with Gasteiger partial charge in [-0.2, -0.15) is 11.3 Å². The van der Waals surface area contributed by atoms with Gasteiger partial charge in [0.15, 0.2) is 0 Å². The van der Waals surface area contributed by atoms with Gasteiger partial charge in [-0.3, -0.25) is 4.90 Å². The lowest BCUT2D eigenvalue weighted by atomic mass is 10.2. The molecule has 2 nitrogen and oxygen atoms in total. The van der Waals surface area contributed by atoms with Crippen molar-refractivity contribution in [3.05, 3.63) is 38.5 Å². The molecule has 0 radical (unpaired) electrons. The van der Waals surface area contributed by atoms with E-state index >= 15 is 0 Å². The van der Waals surface area contributed by atoms with Crippen LogP contribution in [0.3, 0.4) is 0 Å². The number of hydrogen-bond donors (Lipinski definition) is 0. The number of halogens is 1. The summed E-state index contributed by atoms with van der Waals surface area (Å²) in [5.74, 6) is 0.511. The maximum atomic E-state index is 5.85. The molecule has 2 heterocycles. The maximum Gasteiger partial charge on any atom is 0.110 e. The van der Waals surface area contributed by atoms with Crippen LogP contribution >= 0.6 is 34.3 Å². The predicted octanol–water partition coefficient (Wildman–Crippen LogP) is 4.67. The monoisotopic (exact) mass is 312 g/mol. The van der Waals surface area contributed by atoms with Crippen molar-refractivity contribution in [1.29, 1.82) is 0 Å². The molecule has 1 atom stereocenters. The number of thiazole rings is 1. The quantitative estimate of drug-likeness (QED) is 0.721. The number of aromatic nitrogens is 1. The maximum absolute atomic E-state index is 5.85. The Kier molecular flexibility index (Phi) is 4.22. The van der Waals surface area contributed by atoms with Crippen molar-refractivity contribution in [2.75, 3.05) is 0 Å². The third kappa shape index (κ3) is 3.19. The van der Waals surface area contributed by atoms with E-state index in [2.05, 4.69) is 39.0 Å². The van der Waals surface area contributed by atoms with Gasteiger partial charge in [0.25, 0.3) is 0 Å². The summed E-state index contributed by atoms with van der Waals surface area (Å²) in [6.07, 6.45) is 2.64. The normalized spacial score (nSPS) is 17.0. The molecule has 2 aromatic rings. The summed E-state index contributed by atoms with van der Waals surface area (Å²) >= 11 is 9.35. The first-order valence-electron chi connectivity index (χ1n) is 6.55. The lowest BCUT2D eigenvalue weighted by Crippen LogP contribution is -2.28. The number of rotatable bonds is 6. The molecule has 2 aromatic heterocycles. The molecule has 1 aliphatic carbocycles. The highest BCUT2D eigenvalue weighted by molar-refractivity contribution is 7.09. The van der Waals surface area contributed by atoms with Crippen molar-refractivity contribution < 1.29 is 0 Å². The molecule has 5 heteroatoms. The highest BCUT2D eigenvalue weighted by Gasteiger charge is 2.33. The van der Waals surface area contributed by atoms with Crippen LogP contribution in [0, 0.1) is 0 Å². The second-order valence-corrected chi connectivity index (χ2v) is 6.96. The van der Waals surface area contributed by atoms with Crippen LogP contribution in [0.25, 0.3) is 0 Å². The number of alkyl halides is 1. The van der Waals surface area contributed by atoms with E-state index in [0.717, 1.165) is 18.3 Å². The predicted molar refractivity (Wildman–Crippen MR) is 83.0 cm³/mol. The first-order valence-corrected chi connectivity index (χ1v) is 8.90. The van der Waals surface area contributed by atoms with Gasteiger partial charge in [-0.15, -0.1) is 22.9 Å². The molecule has 102 valence electrons. The summed E-state index contributed by atoms with van der Waals surface area (Å²) in [7, 11) is 0. The van der Waals surface area contributed by atoms with Gasteiger partial charge in [0.05, 0.1) is 17.6 Å². The zero-order chi connectivity index (χ0) is 13.2. The van der Waals surface area contributed by atoms with E-state index in [9.17, 15) is 0 Å². The molecule has 0 N–H and O–H groups in total. The first-order chi connectivity index (χ1) is 9.28. The summed E-state index contributed by atoms with van der Waals surface area (Å²) < 4.78 is 0. The van der Waals surface area contributed by atoms with Crippen LogP contribution in [0.5, 0.6) is 0 Å². The third-order valence-electron chi connectivity index (χ3n) is 3.52. The summed E-state index contributed by atoms with van der Waals surface area (Å²) in [5, 5.41) is 7.67. The fraction of sp³-hybridized carbons (Fsp3) is 0.500. The average molecular weight is 313 g/mol. The van der Waals surface area contributed by atoms with Gasteiger partial charge in [0.1, 0.15) is 5.01 Å². The van der Waals surface area contributed by atoms with Crippen LogP contribution in [0.2, 0.25) is 0 Å². The molecule has 1 unspecified atom stereocenters. The van der Waals surface area contributed by atoms with E-state index in [0.29, 0.717) is 11.9 Å². The average Bonchev–Trinajstić information content (AvgIpc) is 2.95. The van der Waals surface area contributed by atoms with Gasteiger partial charge in [-0.05, 0) is 42.2 Å². The Balaban J connectivity index is 1.75. The molecule has 1 fully saturated rings. The minimum atomic E-state index is 0.384. The fourth-order valence-electron chi connectivity index (χ4n) is 2.30. The van der Waals surface area contributed by atoms with Crippen LogP contribution in [0.15, 0.2) is 22.2 Å². The van der Waals surface area contributed by atoms with Gasteiger partial charge in [-0.25, -0.2) is 4.98 Å². The summed E-state index contributed by atoms with van der Waals surface area (Å²) in [4.78, 5) is 7.22. The molecule has 0 saturated heterocycles. The van der Waals surface area contributed by atoms with Crippen molar-refractivity contribution in [1.82, 2.24) is 9.88 Å². The molecule has 0 bridgehead atoms. The van der Waals surface area contributed by atoms with E-state index in [1.54, 1.807) is 22.7 Å². The van der Waals surface area contributed by atoms with Gasteiger partial charge in [-0.1, -0.05) is 0 Å². The Hall–Kier alpha value is -0.420. The van der Waals surface area contributed by atoms with Gasteiger partial charge in [0.2, 0.25) is 0 Å². The molecule has 19 heavy (non-hydrogen) atoms. The highest BCUT2D eigenvalue weighted by atomic mass is 35.5. The van der Waals surface area contributed by atoms with Gasteiger partial charge >= 0.3 is 0 Å². The van der Waals surface area contributed by atoms with Crippen LogP contribution in [0.1, 0.15) is 42.1 Å². The van der Waals surface area contributed by atoms with E-state index in [4.69, 9.17) is 11.6 Å². The molecule has 0 spiro atoms. The van der Waals surface area contributed by atoms with Crippen LogP contribution in [-0.2, 0) is 12.4 Å². The van der Waals surface area contributed by atoms with E-state index in [1.807, 2.05) is 0 Å². The largest absolute Gasteiger partial charge is 0.287 e. The van der Waals surface area contributed by atoms with Gasteiger partial charge < -0.3 is 0 Å². The zero-order valence-electron chi connectivity index (χ0n) is 10.9. The van der Waals surface area contributed by atoms with Crippen molar-refractivity contribution in [2.24, 2.45) is 0 Å². The zero-order valence-corrected chi connectivity index (χ0v) is 13.3. The Bertz CT molecular complexity index is 519. The van der Waals surface area contributed by atoms with Gasteiger partial charge in [0, 0.05) is 18.0 Å². The second kappa shape index (κ2) is 5.92. The SMILES string of the molecule is CC(c1nc(CCl)cs1)N(Cc1ccsc1)C1CC1. The molecular weight excluding hydrogens is 296 g/mol. The minimum Gasteiger partial charge on any atom is -0.287 e. The molecule has 1 aliphatic rings. The molecule has 3 rings (SSSR count). The second-order valence-electron chi connectivity index (χ2n) is 5.02. The summed E-state index contributed by atoms with van der Waals surface area (Å²) in [6.45, 7) is 3.30. The lowest BCUT2D eigenvalue weighted by molar-refractivity contribution is 0.190. The highest BCUT2D eigenvalue weighted by Crippen LogP contribution is 2.36. The van der Waals surface area contributed by atoms with Crippen LogP contribution in [-0.4, -0.2) is 15.9 Å². The smallest absolute Gasteiger partial charge is 0.110 e. The van der Waals surface area contributed by atoms with Crippen molar-refractivity contribution in [3.63, 3.8) is 0 Å². The Morgan fingerprint density at radius 1 is 1.47 bits per heavy atom. The Morgan fingerprint density at radius 2 is 2.32 bits per heavy atom. The standard InChI is InChI=1S/C14H17ClN2S2/c1-10(14-16-12(6-15)9-19-14)17(13-2-3-13)7-11-4-5-18-8-11/h4-5,8-10,13H,2-3,6-7H2,1H3. The Labute approximate surface area is 127 Å². The molecule has 0 aliphatic heterocycles. The summed E-state index contributed by atoms with van der Waals surface area (Å²) in [6, 6.07) is 3.34. The fourth-order valence-corrected chi connectivity index (χ4v) is 4.08. The number of hydrogen-bond acceptors (Lipinski definition) is 4. The first kappa shape index (κ1) is 13.6. The topological polar surface area (TPSA) is 16.1 Å². The van der Waals surface area contributed by atoms with Crippen molar-refractivity contribution >= 4 is 34.3 Å². The lowest BCUT2D eigenvalue weighted by Gasteiger charge is -2.27. The van der Waals surface area contributed by atoms with E-state index < -0.39 is 0 Å².